The van der Waals surface area contributed by atoms with Crippen molar-refractivity contribution in [1.29, 1.82) is 0 Å². The summed E-state index contributed by atoms with van der Waals surface area (Å²) in [6.45, 7) is 0. The van der Waals surface area contributed by atoms with E-state index in [2.05, 4.69) is 0 Å². The average molecular weight is 729 g/mol. The number of imide groups is 1. The Kier molecular flexibility index (Phi) is 7.43. The fourth-order valence-corrected chi connectivity index (χ4v) is 8.91. The third kappa shape index (κ3) is 4.30. The minimum atomic E-state index is -4.78. The van der Waals surface area contributed by atoms with Gasteiger partial charge in [-0.15, -0.1) is 0 Å². The molecule has 2 aliphatic carbocycles. The number of hydrogen-bond acceptors (Lipinski definition) is 3. The second kappa shape index (κ2) is 11.4. The summed E-state index contributed by atoms with van der Waals surface area (Å²) in [5, 5.41) is 0.543. The third-order valence-electron chi connectivity index (χ3n) is 10.2. The topological polar surface area (TPSA) is 54.5 Å². The quantitative estimate of drug-likeness (QED) is 0.169. The number of alkyl halides is 3. The second-order valence-corrected chi connectivity index (χ2v) is 13.9. The zero-order chi connectivity index (χ0) is 35.2. The van der Waals surface area contributed by atoms with Gasteiger partial charge in [0.05, 0.1) is 38.9 Å². The fraction of sp³-hybridized carbons (Fsp3) is 0.125. The van der Waals surface area contributed by atoms with Crippen molar-refractivity contribution in [1.82, 2.24) is 0 Å². The lowest BCUT2D eigenvalue weighted by molar-refractivity contribution is -0.137. The number of carbonyl (C=O) groups is 3. The highest BCUT2D eigenvalue weighted by Gasteiger charge is 2.82. The Morgan fingerprint density at radius 3 is 1.38 bits per heavy atom. The summed E-state index contributed by atoms with van der Waals surface area (Å²) in [7, 11) is 0. The van der Waals surface area contributed by atoms with Gasteiger partial charge in [0.25, 0.3) is 0 Å². The van der Waals surface area contributed by atoms with Crippen LogP contribution >= 0.6 is 34.8 Å². The van der Waals surface area contributed by atoms with Crippen LogP contribution in [0.1, 0.15) is 27.8 Å². The van der Waals surface area contributed by atoms with E-state index in [0.717, 1.165) is 17.0 Å². The molecular weight excluding hydrogens is 706 g/mol. The summed E-state index contributed by atoms with van der Waals surface area (Å²) in [6, 6.07) is 34.0. The number of ketones is 1. The number of amides is 2. The van der Waals surface area contributed by atoms with E-state index in [-0.39, 0.29) is 5.02 Å². The molecule has 2 bridgehead atoms. The molecule has 4 nitrogen and oxygen atoms in total. The number of benzene rings is 5. The van der Waals surface area contributed by atoms with Gasteiger partial charge in [-0.25, -0.2) is 4.90 Å². The molecule has 50 heavy (non-hydrogen) atoms. The van der Waals surface area contributed by atoms with Crippen LogP contribution in [0.25, 0.3) is 11.1 Å². The Morgan fingerprint density at radius 2 is 0.980 bits per heavy atom. The molecule has 2 fully saturated rings. The molecule has 4 atom stereocenters. The van der Waals surface area contributed by atoms with Gasteiger partial charge in [0, 0.05) is 10.0 Å². The van der Waals surface area contributed by atoms with E-state index in [1.165, 1.54) is 0 Å². The number of rotatable bonds is 5. The van der Waals surface area contributed by atoms with Crippen molar-refractivity contribution in [2.45, 2.75) is 17.0 Å². The molecule has 248 valence electrons. The first kappa shape index (κ1) is 32.5. The molecular formula is C40H23Cl3F3NO3. The molecule has 0 spiro atoms. The molecule has 10 heteroatoms. The largest absolute Gasteiger partial charge is 0.416 e. The van der Waals surface area contributed by atoms with Gasteiger partial charge in [-0.1, -0.05) is 120 Å². The maximum absolute atomic E-state index is 15.9. The monoisotopic (exact) mass is 727 g/mol. The summed E-state index contributed by atoms with van der Waals surface area (Å²) in [4.78, 5) is 46.9. The van der Waals surface area contributed by atoms with Gasteiger partial charge >= 0.3 is 6.18 Å². The first-order valence-corrected chi connectivity index (χ1v) is 16.7. The van der Waals surface area contributed by atoms with Crippen molar-refractivity contribution in [2.75, 3.05) is 4.90 Å². The van der Waals surface area contributed by atoms with Crippen LogP contribution in [-0.2, 0) is 31.4 Å². The number of hydrogen-bond donors (Lipinski definition) is 0. The van der Waals surface area contributed by atoms with Crippen LogP contribution in [0, 0.1) is 11.8 Å². The van der Waals surface area contributed by atoms with Gasteiger partial charge in [0.2, 0.25) is 11.8 Å². The van der Waals surface area contributed by atoms with Crippen LogP contribution in [0.2, 0.25) is 15.1 Å². The molecule has 5 aromatic carbocycles. The van der Waals surface area contributed by atoms with Crippen molar-refractivity contribution in [3.63, 3.8) is 0 Å². The van der Waals surface area contributed by atoms with Crippen LogP contribution in [0.4, 0.5) is 18.9 Å². The molecule has 1 aliphatic heterocycles. The van der Waals surface area contributed by atoms with Crippen LogP contribution in [0.15, 0.2) is 127 Å². The maximum atomic E-state index is 15.9. The highest BCUT2D eigenvalue weighted by Crippen LogP contribution is 2.74. The lowest BCUT2D eigenvalue weighted by Gasteiger charge is -2.39. The number of allylic oxidation sites excluding steroid dienone is 2. The number of halogens is 6. The van der Waals surface area contributed by atoms with E-state index in [9.17, 15) is 13.2 Å². The zero-order valence-electron chi connectivity index (χ0n) is 25.7. The number of anilines is 1. The van der Waals surface area contributed by atoms with Gasteiger partial charge in [-0.2, -0.15) is 13.2 Å². The van der Waals surface area contributed by atoms with Crippen molar-refractivity contribution < 1.29 is 27.6 Å². The molecule has 8 rings (SSSR count). The highest BCUT2D eigenvalue weighted by atomic mass is 35.5. The second-order valence-electron chi connectivity index (χ2n) is 12.6. The Hall–Kier alpha value is -4.69. The molecule has 1 saturated heterocycles. The van der Waals surface area contributed by atoms with Gasteiger partial charge in [0.15, 0.2) is 5.78 Å². The first-order chi connectivity index (χ1) is 23.9. The number of carbonyl (C=O) groups excluding carboxylic acids is 3. The minimum Gasteiger partial charge on any atom is -0.297 e. The van der Waals surface area contributed by atoms with Crippen LogP contribution in [0.5, 0.6) is 0 Å². The van der Waals surface area contributed by atoms with Crippen molar-refractivity contribution in [3.8, 4) is 0 Å². The van der Waals surface area contributed by atoms with Crippen molar-refractivity contribution >= 4 is 69.2 Å². The molecule has 0 N–H and O–H groups in total. The van der Waals surface area contributed by atoms with Gasteiger partial charge < -0.3 is 0 Å². The van der Waals surface area contributed by atoms with E-state index in [1.54, 1.807) is 48.5 Å². The summed E-state index contributed by atoms with van der Waals surface area (Å²) in [6.07, 6.45) is -4.78. The smallest absolute Gasteiger partial charge is 0.297 e. The summed E-state index contributed by atoms with van der Waals surface area (Å²) < 4.78 is 42.0. The summed E-state index contributed by atoms with van der Waals surface area (Å²) >= 11 is 19.2. The fourth-order valence-electron chi connectivity index (χ4n) is 8.46. The predicted molar refractivity (Wildman–Crippen MR) is 187 cm³/mol. The molecule has 1 saturated carbocycles. The molecule has 0 unspecified atom stereocenters. The van der Waals surface area contributed by atoms with Gasteiger partial charge in [0.1, 0.15) is 0 Å². The zero-order valence-corrected chi connectivity index (χ0v) is 28.0. The van der Waals surface area contributed by atoms with Crippen LogP contribution in [-0.4, -0.2) is 17.6 Å². The Balaban J connectivity index is 1.53. The lowest BCUT2D eigenvalue weighted by Crippen LogP contribution is -2.45. The Morgan fingerprint density at radius 1 is 0.560 bits per heavy atom. The average Bonchev–Trinajstić information content (AvgIpc) is 3.61. The molecule has 5 aromatic rings. The molecule has 0 radical (unpaired) electrons. The van der Waals surface area contributed by atoms with E-state index >= 15 is 14.4 Å². The standard InChI is InChI=1S/C40H23Cl3F3NO3/c41-27-16-11-24(12-17-27)38-31(22-7-3-1-4-8-22)32(23-9-5-2-6-10-23)39(37(38)50,25-13-18-28(42)19-14-25)34-33(38)35(48)47(36(34)49)30-21-26(40(44,45)46)15-20-29(30)43/h1-21,33-34H/t33-,34+,38-,39+. The highest BCUT2D eigenvalue weighted by molar-refractivity contribution is 6.41. The number of fused-ring (bicyclic) bond motifs is 5. The van der Waals surface area contributed by atoms with E-state index in [4.69, 9.17) is 34.8 Å². The minimum absolute atomic E-state index is 0.223. The maximum Gasteiger partial charge on any atom is 0.416 e. The van der Waals surface area contributed by atoms with Crippen molar-refractivity contribution in [2.24, 2.45) is 11.8 Å². The van der Waals surface area contributed by atoms with E-state index in [1.807, 2.05) is 60.7 Å². The molecule has 0 aromatic heterocycles. The SMILES string of the molecule is O=C1[C@@H]2[C@H](C(=O)N1c1cc(C(F)(F)F)ccc1Cl)[C@]1(c3ccc(Cl)cc3)C(=O)[C@@]2(c2ccc(Cl)cc2)C(c2ccccc2)=C1c1ccccc1. The molecule has 3 aliphatic rings. The Labute approximate surface area is 299 Å². The van der Waals surface area contributed by atoms with Gasteiger partial charge in [-0.05, 0) is 75.9 Å². The molecule has 1 heterocycles. The summed E-state index contributed by atoms with van der Waals surface area (Å²) in [5.74, 6) is -4.80. The van der Waals surface area contributed by atoms with Crippen molar-refractivity contribution in [3.05, 3.63) is 170 Å². The molecule has 2 amide bonds. The predicted octanol–water partition coefficient (Wildman–Crippen LogP) is 9.85. The normalized spacial score (nSPS) is 24.4. The van der Waals surface area contributed by atoms with Gasteiger partial charge in [-0.3, -0.25) is 14.4 Å². The van der Waals surface area contributed by atoms with E-state index in [0.29, 0.717) is 49.5 Å². The van der Waals surface area contributed by atoms with E-state index < -0.39 is 57.7 Å². The van der Waals surface area contributed by atoms with Crippen LogP contribution in [0.3, 0.4) is 0 Å². The first-order valence-electron chi connectivity index (χ1n) is 15.6. The summed E-state index contributed by atoms with van der Waals surface area (Å²) in [5.41, 5.74) is -1.90. The van der Waals surface area contributed by atoms with Crippen LogP contribution < -0.4 is 4.90 Å². The number of nitrogens with zero attached hydrogens (tertiary/aromatic N) is 1. The third-order valence-corrected chi connectivity index (χ3v) is 11.1. The lowest BCUT2D eigenvalue weighted by atomic mass is 9.59. The Bertz CT molecular complexity index is 2130. The number of Topliss-reactive ketones (excluding diaryl/α,β-unsaturated/α-hetero) is 1.